The van der Waals surface area contributed by atoms with Gasteiger partial charge in [0, 0.05) is 0 Å². The molecule has 0 heterocycles. The van der Waals surface area contributed by atoms with E-state index in [2.05, 4.69) is 6.92 Å². The second-order valence-corrected chi connectivity index (χ2v) is 3.88. The van der Waals surface area contributed by atoms with Crippen molar-refractivity contribution in [3.8, 4) is 0 Å². The predicted octanol–water partition coefficient (Wildman–Crippen LogP) is 2.83. The standard InChI is InChI=1S/C9H16/c1-2-3-7-4-8-6-9(8)5-7/h7-9H,2-6H2,1H3/t7?,8-,9+. The monoisotopic (exact) mass is 124 g/mol. The van der Waals surface area contributed by atoms with Crippen molar-refractivity contribution < 1.29 is 0 Å². The van der Waals surface area contributed by atoms with Crippen LogP contribution in [0.15, 0.2) is 0 Å². The van der Waals surface area contributed by atoms with Gasteiger partial charge in [-0.3, -0.25) is 0 Å². The molecule has 9 heavy (non-hydrogen) atoms. The summed E-state index contributed by atoms with van der Waals surface area (Å²) in [6.07, 6.45) is 7.66. The molecular weight excluding hydrogens is 108 g/mol. The highest BCUT2D eigenvalue weighted by Gasteiger charge is 2.44. The van der Waals surface area contributed by atoms with Gasteiger partial charge in [0.25, 0.3) is 0 Å². The summed E-state index contributed by atoms with van der Waals surface area (Å²) < 4.78 is 0. The summed E-state index contributed by atoms with van der Waals surface area (Å²) in [5.41, 5.74) is 0. The highest BCUT2D eigenvalue weighted by Crippen LogP contribution is 2.55. The summed E-state index contributed by atoms with van der Waals surface area (Å²) in [5, 5.41) is 0. The Morgan fingerprint density at radius 2 is 1.78 bits per heavy atom. The van der Waals surface area contributed by atoms with E-state index < -0.39 is 0 Å². The normalized spacial score (nSPS) is 47.0. The molecule has 2 aliphatic rings. The molecule has 2 fully saturated rings. The van der Waals surface area contributed by atoms with Crippen LogP contribution >= 0.6 is 0 Å². The predicted molar refractivity (Wildman–Crippen MR) is 39.2 cm³/mol. The van der Waals surface area contributed by atoms with Crippen molar-refractivity contribution in [2.45, 2.75) is 39.0 Å². The number of rotatable bonds is 2. The first kappa shape index (κ1) is 5.76. The van der Waals surface area contributed by atoms with E-state index in [-0.39, 0.29) is 0 Å². The minimum Gasteiger partial charge on any atom is -0.0654 e. The fourth-order valence-electron chi connectivity index (χ4n) is 2.48. The zero-order chi connectivity index (χ0) is 6.27. The number of hydrogen-bond acceptors (Lipinski definition) is 0. The van der Waals surface area contributed by atoms with Crippen molar-refractivity contribution in [2.75, 3.05) is 0 Å². The molecule has 0 amide bonds. The lowest BCUT2D eigenvalue weighted by atomic mass is 9.98. The molecule has 3 atom stereocenters. The van der Waals surface area contributed by atoms with Crippen LogP contribution < -0.4 is 0 Å². The molecule has 0 spiro atoms. The van der Waals surface area contributed by atoms with E-state index in [4.69, 9.17) is 0 Å². The van der Waals surface area contributed by atoms with Crippen LogP contribution in [0.4, 0.5) is 0 Å². The SMILES string of the molecule is CCCC1C[C@@H]2C[C@@H]2C1. The molecule has 0 aromatic heterocycles. The molecule has 0 aliphatic heterocycles. The fraction of sp³-hybridized carbons (Fsp3) is 1.00. The third-order valence-electron chi connectivity index (χ3n) is 3.04. The molecule has 0 aromatic rings. The zero-order valence-electron chi connectivity index (χ0n) is 6.27. The van der Waals surface area contributed by atoms with Crippen molar-refractivity contribution in [1.82, 2.24) is 0 Å². The van der Waals surface area contributed by atoms with Gasteiger partial charge in [-0.15, -0.1) is 0 Å². The van der Waals surface area contributed by atoms with E-state index in [1.165, 1.54) is 24.7 Å². The molecule has 1 unspecified atom stereocenters. The van der Waals surface area contributed by atoms with Gasteiger partial charge in [-0.1, -0.05) is 19.8 Å². The summed E-state index contributed by atoms with van der Waals surface area (Å²) in [6.45, 7) is 2.31. The van der Waals surface area contributed by atoms with Gasteiger partial charge in [0.15, 0.2) is 0 Å². The minimum atomic E-state index is 1.14. The fourth-order valence-corrected chi connectivity index (χ4v) is 2.48. The lowest BCUT2D eigenvalue weighted by molar-refractivity contribution is 0.448. The van der Waals surface area contributed by atoms with Crippen molar-refractivity contribution >= 4 is 0 Å². The van der Waals surface area contributed by atoms with Crippen molar-refractivity contribution in [3.63, 3.8) is 0 Å². The van der Waals surface area contributed by atoms with E-state index in [9.17, 15) is 0 Å². The number of fused-ring (bicyclic) bond motifs is 1. The first-order valence-electron chi connectivity index (χ1n) is 4.40. The van der Waals surface area contributed by atoms with Crippen LogP contribution in [-0.2, 0) is 0 Å². The van der Waals surface area contributed by atoms with Crippen molar-refractivity contribution in [3.05, 3.63) is 0 Å². The first-order chi connectivity index (χ1) is 4.40. The Bertz CT molecular complexity index is 96.6. The lowest BCUT2D eigenvalue weighted by Crippen LogP contribution is -1.94. The molecule has 0 aromatic carbocycles. The van der Waals surface area contributed by atoms with Gasteiger partial charge in [-0.25, -0.2) is 0 Å². The van der Waals surface area contributed by atoms with E-state index in [0.29, 0.717) is 0 Å². The highest BCUT2D eigenvalue weighted by molar-refractivity contribution is 4.95. The highest BCUT2D eigenvalue weighted by atomic mass is 14.5. The Morgan fingerprint density at radius 1 is 1.11 bits per heavy atom. The lowest BCUT2D eigenvalue weighted by Gasteiger charge is -2.07. The molecule has 0 nitrogen and oxygen atoms in total. The topological polar surface area (TPSA) is 0 Å². The van der Waals surface area contributed by atoms with E-state index in [1.54, 1.807) is 19.3 Å². The van der Waals surface area contributed by atoms with Crippen LogP contribution in [0.3, 0.4) is 0 Å². The Balaban J connectivity index is 1.77. The molecule has 0 heteroatoms. The van der Waals surface area contributed by atoms with Gasteiger partial charge in [0.2, 0.25) is 0 Å². The quantitative estimate of drug-likeness (QED) is 0.531. The van der Waals surface area contributed by atoms with Gasteiger partial charge in [0.05, 0.1) is 0 Å². The second-order valence-electron chi connectivity index (χ2n) is 3.88. The van der Waals surface area contributed by atoms with E-state index in [0.717, 1.165) is 5.92 Å². The molecule has 52 valence electrons. The summed E-state index contributed by atoms with van der Waals surface area (Å²) in [4.78, 5) is 0. The third-order valence-corrected chi connectivity index (χ3v) is 3.04. The van der Waals surface area contributed by atoms with Crippen LogP contribution in [0.1, 0.15) is 39.0 Å². The van der Waals surface area contributed by atoms with Gasteiger partial charge in [-0.05, 0) is 37.0 Å². The van der Waals surface area contributed by atoms with Crippen LogP contribution in [0.2, 0.25) is 0 Å². The maximum Gasteiger partial charge on any atom is -0.0380 e. The molecule has 0 bridgehead atoms. The zero-order valence-corrected chi connectivity index (χ0v) is 6.27. The maximum atomic E-state index is 2.31. The first-order valence-corrected chi connectivity index (χ1v) is 4.40. The summed E-state index contributed by atoms with van der Waals surface area (Å²) in [7, 11) is 0. The second kappa shape index (κ2) is 2.00. The molecular formula is C9H16. The summed E-state index contributed by atoms with van der Waals surface area (Å²) >= 11 is 0. The van der Waals surface area contributed by atoms with Crippen LogP contribution in [0.5, 0.6) is 0 Å². The van der Waals surface area contributed by atoms with Crippen molar-refractivity contribution in [2.24, 2.45) is 17.8 Å². The van der Waals surface area contributed by atoms with E-state index in [1.807, 2.05) is 0 Å². The van der Waals surface area contributed by atoms with Crippen LogP contribution in [-0.4, -0.2) is 0 Å². The Kier molecular flexibility index (Phi) is 1.28. The smallest absolute Gasteiger partial charge is 0.0380 e. The Morgan fingerprint density at radius 3 is 2.33 bits per heavy atom. The molecule has 0 radical (unpaired) electrons. The van der Waals surface area contributed by atoms with Crippen molar-refractivity contribution in [1.29, 1.82) is 0 Å². The molecule has 0 saturated heterocycles. The maximum absolute atomic E-state index is 2.31. The minimum absolute atomic E-state index is 1.14. The largest absolute Gasteiger partial charge is 0.0654 e. The average Bonchev–Trinajstić information content (AvgIpc) is 2.42. The van der Waals surface area contributed by atoms with Crippen LogP contribution in [0.25, 0.3) is 0 Å². The van der Waals surface area contributed by atoms with E-state index >= 15 is 0 Å². The molecule has 0 N–H and O–H groups in total. The molecule has 2 aliphatic carbocycles. The molecule has 2 rings (SSSR count). The molecule has 2 saturated carbocycles. The van der Waals surface area contributed by atoms with Gasteiger partial charge < -0.3 is 0 Å². The number of hydrogen-bond donors (Lipinski definition) is 0. The van der Waals surface area contributed by atoms with Gasteiger partial charge in [-0.2, -0.15) is 0 Å². The summed E-state index contributed by atoms with van der Waals surface area (Å²) in [5.74, 6) is 3.53. The summed E-state index contributed by atoms with van der Waals surface area (Å²) in [6, 6.07) is 0. The Hall–Kier alpha value is 0. The van der Waals surface area contributed by atoms with Gasteiger partial charge in [0.1, 0.15) is 0 Å². The third kappa shape index (κ3) is 0.997. The average molecular weight is 124 g/mol. The van der Waals surface area contributed by atoms with Crippen LogP contribution in [0, 0.1) is 17.8 Å². The Labute approximate surface area is 57.6 Å². The van der Waals surface area contributed by atoms with Gasteiger partial charge >= 0.3 is 0 Å².